The van der Waals surface area contributed by atoms with Gasteiger partial charge in [0.25, 0.3) is 0 Å². The molecule has 0 fully saturated rings. The summed E-state index contributed by atoms with van der Waals surface area (Å²) in [6.45, 7) is 2.51. The van der Waals surface area contributed by atoms with Crippen LogP contribution in [0, 0.1) is 5.82 Å². The molecule has 0 amide bonds. The van der Waals surface area contributed by atoms with Crippen molar-refractivity contribution in [2.24, 2.45) is 0 Å². The molecule has 1 N–H and O–H groups in total. The van der Waals surface area contributed by atoms with Crippen LogP contribution >= 0.6 is 0 Å². The summed E-state index contributed by atoms with van der Waals surface area (Å²) in [5, 5.41) is 3.14. The molecule has 2 aromatic rings. The zero-order valence-electron chi connectivity index (χ0n) is 11.8. The summed E-state index contributed by atoms with van der Waals surface area (Å²) in [6.07, 6.45) is 4.30. The number of halogens is 1. The minimum atomic E-state index is -0.284. The van der Waals surface area contributed by atoms with E-state index in [1.54, 1.807) is 12.3 Å². The molecule has 1 aromatic carbocycles. The van der Waals surface area contributed by atoms with Gasteiger partial charge in [-0.3, -0.25) is 4.98 Å². The molecule has 0 saturated carbocycles. The molecule has 0 aliphatic rings. The molecule has 0 spiro atoms. The summed E-state index contributed by atoms with van der Waals surface area (Å²) in [7, 11) is 1.87. The summed E-state index contributed by atoms with van der Waals surface area (Å²) in [6, 6.07) is 8.66. The number of nitrogens with zero attached hydrogens (tertiary/aromatic N) is 1. The molecule has 0 aliphatic carbocycles. The van der Waals surface area contributed by atoms with Crippen molar-refractivity contribution in [1.29, 1.82) is 0 Å². The van der Waals surface area contributed by atoms with Crippen LogP contribution in [0.3, 0.4) is 0 Å². The van der Waals surface area contributed by atoms with Gasteiger partial charge in [-0.15, -0.1) is 0 Å². The zero-order chi connectivity index (χ0) is 14.4. The summed E-state index contributed by atoms with van der Waals surface area (Å²) in [5.41, 5.74) is 2.06. The van der Waals surface area contributed by atoms with Gasteiger partial charge in [-0.25, -0.2) is 4.39 Å². The zero-order valence-corrected chi connectivity index (χ0v) is 11.8. The third kappa shape index (κ3) is 3.78. The summed E-state index contributed by atoms with van der Waals surface area (Å²) >= 11 is 0. The topological polar surface area (TPSA) is 34.1 Å². The summed E-state index contributed by atoms with van der Waals surface area (Å²) < 4.78 is 19.1. The number of benzene rings is 1. The highest BCUT2D eigenvalue weighted by Gasteiger charge is 2.11. The molecule has 0 aliphatic heterocycles. The van der Waals surface area contributed by atoms with Crippen LogP contribution in [-0.2, 0) is 6.42 Å². The fraction of sp³-hybridized carbons (Fsp3) is 0.312. The average Bonchev–Trinajstić information content (AvgIpc) is 2.48. The molecule has 3 nitrogen and oxygen atoms in total. The number of nitrogens with one attached hydrogen (secondary N) is 1. The fourth-order valence-corrected chi connectivity index (χ4v) is 1.97. The lowest BCUT2D eigenvalue weighted by atomic mass is 10.1. The van der Waals surface area contributed by atoms with Gasteiger partial charge in [0.2, 0.25) is 0 Å². The molecule has 0 bridgehead atoms. The smallest absolute Gasteiger partial charge is 0.126 e. The molecule has 1 atom stereocenters. The van der Waals surface area contributed by atoms with E-state index in [2.05, 4.69) is 10.3 Å². The Hall–Kier alpha value is -1.94. The highest BCUT2D eigenvalue weighted by atomic mass is 19.1. The van der Waals surface area contributed by atoms with Crippen LogP contribution in [-0.4, -0.2) is 18.6 Å². The highest BCUT2D eigenvalue weighted by Crippen LogP contribution is 2.26. The Morgan fingerprint density at radius 2 is 2.20 bits per heavy atom. The van der Waals surface area contributed by atoms with Crippen LogP contribution in [0.15, 0.2) is 42.7 Å². The van der Waals surface area contributed by atoms with E-state index in [1.807, 2.05) is 32.3 Å². The number of ether oxygens (including phenoxy) is 1. The lowest BCUT2D eigenvalue weighted by molar-refractivity contribution is 0.314. The molecule has 0 saturated heterocycles. The van der Waals surface area contributed by atoms with Gasteiger partial charge in [0.15, 0.2) is 0 Å². The molecule has 1 aromatic heterocycles. The maximum Gasteiger partial charge on any atom is 0.126 e. The second-order valence-corrected chi connectivity index (χ2v) is 4.65. The Balaban J connectivity index is 2.03. The Labute approximate surface area is 118 Å². The van der Waals surface area contributed by atoms with E-state index >= 15 is 0 Å². The lowest BCUT2D eigenvalue weighted by Crippen LogP contribution is -2.14. The first-order chi connectivity index (χ1) is 9.70. The third-order valence-electron chi connectivity index (χ3n) is 3.25. The van der Waals surface area contributed by atoms with Gasteiger partial charge in [0.05, 0.1) is 6.61 Å². The second-order valence-electron chi connectivity index (χ2n) is 4.65. The minimum Gasteiger partial charge on any atom is -0.493 e. The summed E-state index contributed by atoms with van der Waals surface area (Å²) in [4.78, 5) is 4.06. The Kier molecular flexibility index (Phi) is 5.07. The fourth-order valence-electron chi connectivity index (χ4n) is 1.97. The summed E-state index contributed by atoms with van der Waals surface area (Å²) in [5.74, 6) is 0.309. The average molecular weight is 274 g/mol. The van der Waals surface area contributed by atoms with E-state index in [9.17, 15) is 4.39 Å². The number of aromatic nitrogens is 1. The Bertz CT molecular complexity index is 545. The molecule has 1 unspecified atom stereocenters. The van der Waals surface area contributed by atoms with Gasteiger partial charge in [-0.1, -0.05) is 12.1 Å². The molecule has 2 rings (SSSR count). The molecule has 1 heterocycles. The maximum atomic E-state index is 13.4. The van der Waals surface area contributed by atoms with Gasteiger partial charge in [0, 0.05) is 36.5 Å². The quantitative estimate of drug-likeness (QED) is 0.878. The van der Waals surface area contributed by atoms with Gasteiger partial charge >= 0.3 is 0 Å². The van der Waals surface area contributed by atoms with Crippen molar-refractivity contribution in [2.45, 2.75) is 19.4 Å². The van der Waals surface area contributed by atoms with Crippen LogP contribution in [0.25, 0.3) is 0 Å². The first kappa shape index (κ1) is 14.5. The standard InChI is InChI=1S/C16H19FN2O/c1-12(18-2)15-6-5-14(17)10-16(15)20-9-7-13-4-3-8-19-11-13/h3-6,8,10-12,18H,7,9H2,1-2H3. The Morgan fingerprint density at radius 1 is 1.35 bits per heavy atom. The maximum absolute atomic E-state index is 13.4. The van der Waals surface area contributed by atoms with Crippen LogP contribution in [0.2, 0.25) is 0 Å². The molecule has 0 radical (unpaired) electrons. The molecular weight excluding hydrogens is 255 g/mol. The van der Waals surface area contributed by atoms with Gasteiger partial charge in [0.1, 0.15) is 11.6 Å². The number of pyridine rings is 1. The number of rotatable bonds is 6. The van der Waals surface area contributed by atoms with Crippen molar-refractivity contribution in [3.8, 4) is 5.75 Å². The van der Waals surface area contributed by atoms with E-state index in [4.69, 9.17) is 4.74 Å². The number of hydrogen-bond acceptors (Lipinski definition) is 3. The van der Waals surface area contributed by atoms with Crippen molar-refractivity contribution in [1.82, 2.24) is 10.3 Å². The van der Waals surface area contributed by atoms with E-state index < -0.39 is 0 Å². The van der Waals surface area contributed by atoms with Crippen LogP contribution in [0.5, 0.6) is 5.75 Å². The minimum absolute atomic E-state index is 0.115. The van der Waals surface area contributed by atoms with Crippen molar-refractivity contribution in [3.05, 3.63) is 59.7 Å². The normalized spacial score (nSPS) is 12.2. The first-order valence-electron chi connectivity index (χ1n) is 6.69. The Morgan fingerprint density at radius 3 is 2.90 bits per heavy atom. The van der Waals surface area contributed by atoms with Crippen LogP contribution < -0.4 is 10.1 Å². The molecule has 4 heteroatoms. The monoisotopic (exact) mass is 274 g/mol. The predicted molar refractivity (Wildman–Crippen MR) is 77.3 cm³/mol. The van der Waals surface area contributed by atoms with Crippen LogP contribution in [0.4, 0.5) is 4.39 Å². The second kappa shape index (κ2) is 7.01. The largest absolute Gasteiger partial charge is 0.493 e. The van der Waals surface area contributed by atoms with Crippen molar-refractivity contribution >= 4 is 0 Å². The van der Waals surface area contributed by atoms with Crippen molar-refractivity contribution < 1.29 is 9.13 Å². The SMILES string of the molecule is CNC(C)c1ccc(F)cc1OCCc1cccnc1. The number of hydrogen-bond donors (Lipinski definition) is 1. The highest BCUT2D eigenvalue weighted by molar-refractivity contribution is 5.36. The lowest BCUT2D eigenvalue weighted by Gasteiger charge is -2.16. The van der Waals surface area contributed by atoms with Crippen molar-refractivity contribution in [2.75, 3.05) is 13.7 Å². The van der Waals surface area contributed by atoms with Gasteiger partial charge in [-0.05, 0) is 31.7 Å². The van der Waals surface area contributed by atoms with Gasteiger partial charge in [-0.2, -0.15) is 0 Å². The molecule has 20 heavy (non-hydrogen) atoms. The van der Waals surface area contributed by atoms with E-state index in [0.717, 1.165) is 17.5 Å². The van der Waals surface area contributed by atoms with E-state index in [1.165, 1.54) is 12.1 Å². The van der Waals surface area contributed by atoms with E-state index in [-0.39, 0.29) is 11.9 Å². The van der Waals surface area contributed by atoms with Gasteiger partial charge < -0.3 is 10.1 Å². The van der Waals surface area contributed by atoms with Crippen molar-refractivity contribution in [3.63, 3.8) is 0 Å². The molecule has 106 valence electrons. The third-order valence-corrected chi connectivity index (χ3v) is 3.25. The van der Waals surface area contributed by atoms with Crippen LogP contribution in [0.1, 0.15) is 24.1 Å². The van der Waals surface area contributed by atoms with E-state index in [0.29, 0.717) is 12.4 Å². The molecular formula is C16H19FN2O. The first-order valence-corrected chi connectivity index (χ1v) is 6.69. The predicted octanol–water partition coefficient (Wildman–Crippen LogP) is 3.12.